The number of rotatable bonds is 4. The van der Waals surface area contributed by atoms with Crippen molar-refractivity contribution in [2.45, 2.75) is 20.8 Å². The lowest BCUT2D eigenvalue weighted by Crippen LogP contribution is -2.19. The highest BCUT2D eigenvalue weighted by Gasteiger charge is 2.26. The first-order valence-electron chi connectivity index (χ1n) is 5.70. The lowest BCUT2D eigenvalue weighted by Gasteiger charge is -2.15. The first kappa shape index (κ1) is 14.5. The molecule has 0 aliphatic carbocycles. The molecule has 0 amide bonds. The molecular formula is C14H16ClNO2. The second kappa shape index (κ2) is 5.88. The molecule has 0 saturated carbocycles. The topological polar surface area (TPSA) is 50.1 Å². The van der Waals surface area contributed by atoms with E-state index in [0.717, 1.165) is 5.56 Å². The van der Waals surface area contributed by atoms with Crippen molar-refractivity contribution in [3.63, 3.8) is 0 Å². The van der Waals surface area contributed by atoms with Crippen LogP contribution in [0.4, 0.5) is 0 Å². The summed E-state index contributed by atoms with van der Waals surface area (Å²) in [7, 11) is 1.50. The summed E-state index contributed by atoms with van der Waals surface area (Å²) in [4.78, 5) is 12.3. The number of carbonyl (C=O) groups is 1. The minimum absolute atomic E-state index is 0.0488. The summed E-state index contributed by atoms with van der Waals surface area (Å²) in [5.74, 6) is -0.515. The van der Waals surface area contributed by atoms with E-state index in [0.29, 0.717) is 16.3 Å². The molecule has 4 heteroatoms. The number of hydrogen-bond acceptors (Lipinski definition) is 3. The van der Waals surface area contributed by atoms with Crippen molar-refractivity contribution in [1.82, 2.24) is 0 Å². The Morgan fingerprint density at radius 2 is 2.06 bits per heavy atom. The van der Waals surface area contributed by atoms with Crippen molar-refractivity contribution in [1.29, 1.82) is 5.26 Å². The normalized spacial score (nSPS) is 12.1. The van der Waals surface area contributed by atoms with E-state index in [1.165, 1.54) is 7.11 Å². The predicted molar refractivity (Wildman–Crippen MR) is 71.0 cm³/mol. The summed E-state index contributed by atoms with van der Waals surface area (Å²) in [6.45, 7) is 5.52. The molecule has 18 heavy (non-hydrogen) atoms. The van der Waals surface area contributed by atoms with Gasteiger partial charge >= 0.3 is 0 Å². The van der Waals surface area contributed by atoms with Gasteiger partial charge in [-0.3, -0.25) is 4.79 Å². The number of nitrogens with zero attached hydrogens (tertiary/aromatic N) is 1. The van der Waals surface area contributed by atoms with Crippen LogP contribution in [0.3, 0.4) is 0 Å². The Balaban J connectivity index is 3.28. The summed E-state index contributed by atoms with van der Waals surface area (Å²) < 4.78 is 5.19. The third kappa shape index (κ3) is 2.83. The Hall–Kier alpha value is -1.53. The summed E-state index contributed by atoms with van der Waals surface area (Å²) in [5.41, 5.74) is 1.21. The van der Waals surface area contributed by atoms with Crippen LogP contribution < -0.4 is 4.74 Å². The Kier molecular flexibility index (Phi) is 4.75. The van der Waals surface area contributed by atoms with Gasteiger partial charge in [0.15, 0.2) is 5.78 Å². The highest BCUT2D eigenvalue weighted by atomic mass is 35.5. The van der Waals surface area contributed by atoms with Gasteiger partial charge in [-0.1, -0.05) is 25.4 Å². The quantitative estimate of drug-likeness (QED) is 0.781. The van der Waals surface area contributed by atoms with Crippen molar-refractivity contribution < 1.29 is 9.53 Å². The second-order valence-corrected chi connectivity index (χ2v) is 4.92. The molecule has 0 spiro atoms. The summed E-state index contributed by atoms with van der Waals surface area (Å²) >= 11 is 6.02. The van der Waals surface area contributed by atoms with Crippen molar-refractivity contribution in [2.24, 2.45) is 11.8 Å². The minimum atomic E-state index is -0.683. The van der Waals surface area contributed by atoms with Crippen LogP contribution in [0.15, 0.2) is 12.1 Å². The van der Waals surface area contributed by atoms with Crippen LogP contribution in [0.5, 0.6) is 5.75 Å². The summed E-state index contributed by atoms with van der Waals surface area (Å²) in [6.07, 6.45) is 0. The molecule has 1 aromatic carbocycles. The number of Topliss-reactive ketones (excluding diaryl/α,β-unsaturated/α-hetero) is 1. The van der Waals surface area contributed by atoms with E-state index < -0.39 is 5.92 Å². The van der Waals surface area contributed by atoms with Gasteiger partial charge in [0.25, 0.3) is 0 Å². The largest absolute Gasteiger partial charge is 0.496 e. The zero-order chi connectivity index (χ0) is 13.9. The Labute approximate surface area is 112 Å². The smallest absolute Gasteiger partial charge is 0.184 e. The van der Waals surface area contributed by atoms with Gasteiger partial charge in [-0.05, 0) is 30.5 Å². The van der Waals surface area contributed by atoms with Crippen LogP contribution in [0.1, 0.15) is 29.8 Å². The van der Waals surface area contributed by atoms with Crippen LogP contribution in [0.2, 0.25) is 5.02 Å². The Bertz CT molecular complexity index is 503. The average Bonchev–Trinajstić information content (AvgIpc) is 2.32. The molecule has 0 aliphatic rings. The fourth-order valence-corrected chi connectivity index (χ4v) is 1.86. The first-order chi connectivity index (χ1) is 8.42. The second-order valence-electron chi connectivity index (χ2n) is 4.52. The molecule has 96 valence electrons. The maximum atomic E-state index is 12.3. The van der Waals surface area contributed by atoms with Crippen LogP contribution in [0.25, 0.3) is 0 Å². The van der Waals surface area contributed by atoms with E-state index in [-0.39, 0.29) is 11.7 Å². The van der Waals surface area contributed by atoms with Crippen molar-refractivity contribution in [2.75, 3.05) is 7.11 Å². The van der Waals surface area contributed by atoms with Crippen LogP contribution >= 0.6 is 11.6 Å². The summed E-state index contributed by atoms with van der Waals surface area (Å²) in [5, 5.41) is 9.57. The lowest BCUT2D eigenvalue weighted by molar-refractivity contribution is 0.0921. The van der Waals surface area contributed by atoms with Gasteiger partial charge in [0.1, 0.15) is 11.7 Å². The van der Waals surface area contributed by atoms with Gasteiger partial charge in [0, 0.05) is 5.02 Å². The third-order valence-electron chi connectivity index (χ3n) is 2.83. The number of halogens is 1. The van der Waals surface area contributed by atoms with E-state index >= 15 is 0 Å². The maximum Gasteiger partial charge on any atom is 0.184 e. The monoisotopic (exact) mass is 265 g/mol. The molecule has 1 rings (SSSR count). The van der Waals surface area contributed by atoms with Gasteiger partial charge in [0.05, 0.1) is 18.7 Å². The molecule has 0 aliphatic heterocycles. The van der Waals surface area contributed by atoms with Gasteiger partial charge in [-0.25, -0.2) is 0 Å². The molecule has 0 radical (unpaired) electrons. The fraction of sp³-hybridized carbons (Fsp3) is 0.429. The Morgan fingerprint density at radius 1 is 1.44 bits per heavy atom. The lowest BCUT2D eigenvalue weighted by atomic mass is 9.88. The van der Waals surface area contributed by atoms with E-state index in [1.54, 1.807) is 12.1 Å². The van der Waals surface area contributed by atoms with Crippen molar-refractivity contribution in [3.05, 3.63) is 28.3 Å². The molecule has 1 unspecified atom stereocenters. The zero-order valence-corrected chi connectivity index (χ0v) is 11.7. The molecule has 0 heterocycles. The number of ether oxygens (including phenoxy) is 1. The molecular weight excluding hydrogens is 250 g/mol. The molecule has 3 nitrogen and oxygen atoms in total. The first-order valence-corrected chi connectivity index (χ1v) is 6.08. The molecule has 1 aromatic rings. The van der Waals surface area contributed by atoms with E-state index in [9.17, 15) is 4.79 Å². The number of nitriles is 1. The molecule has 0 saturated heterocycles. The SMILES string of the molecule is COc1cc(C)c(Cl)cc1C(=O)C(C#N)C(C)C. The summed E-state index contributed by atoms with van der Waals surface area (Å²) in [6, 6.07) is 5.32. The van der Waals surface area contributed by atoms with Gasteiger partial charge in [-0.2, -0.15) is 5.26 Å². The standard InChI is InChI=1S/C14H16ClNO2/c1-8(2)11(7-16)14(17)10-6-12(15)9(3)5-13(10)18-4/h5-6,8,11H,1-4H3. The number of hydrogen-bond donors (Lipinski definition) is 0. The molecule has 0 bridgehead atoms. The highest BCUT2D eigenvalue weighted by Crippen LogP contribution is 2.29. The van der Waals surface area contributed by atoms with Crippen LogP contribution in [-0.2, 0) is 0 Å². The number of aryl methyl sites for hydroxylation is 1. The van der Waals surface area contributed by atoms with E-state index in [4.69, 9.17) is 21.6 Å². The van der Waals surface area contributed by atoms with E-state index in [1.807, 2.05) is 26.8 Å². The van der Waals surface area contributed by atoms with Crippen molar-refractivity contribution in [3.8, 4) is 11.8 Å². The Morgan fingerprint density at radius 3 is 2.50 bits per heavy atom. The van der Waals surface area contributed by atoms with Gasteiger partial charge in [-0.15, -0.1) is 0 Å². The molecule has 0 fully saturated rings. The van der Waals surface area contributed by atoms with Gasteiger partial charge < -0.3 is 4.74 Å². The number of benzene rings is 1. The average molecular weight is 266 g/mol. The van der Waals surface area contributed by atoms with Crippen LogP contribution in [-0.4, -0.2) is 12.9 Å². The van der Waals surface area contributed by atoms with Crippen LogP contribution in [0, 0.1) is 30.1 Å². The molecule has 0 aromatic heterocycles. The third-order valence-corrected chi connectivity index (χ3v) is 3.24. The molecule has 0 N–H and O–H groups in total. The predicted octanol–water partition coefficient (Wildman–Crippen LogP) is 3.64. The van der Waals surface area contributed by atoms with Crippen molar-refractivity contribution >= 4 is 17.4 Å². The number of carbonyl (C=O) groups excluding carboxylic acids is 1. The maximum absolute atomic E-state index is 12.3. The number of methoxy groups -OCH3 is 1. The zero-order valence-electron chi connectivity index (χ0n) is 11.0. The van der Waals surface area contributed by atoms with E-state index in [2.05, 4.69) is 0 Å². The molecule has 1 atom stereocenters. The highest BCUT2D eigenvalue weighted by molar-refractivity contribution is 6.31. The number of ketones is 1. The minimum Gasteiger partial charge on any atom is -0.496 e. The fourth-order valence-electron chi connectivity index (χ4n) is 1.69. The van der Waals surface area contributed by atoms with Gasteiger partial charge in [0.2, 0.25) is 0 Å².